The van der Waals surface area contributed by atoms with Crippen LogP contribution in [0.3, 0.4) is 0 Å². The smallest absolute Gasteiger partial charge is 0.320 e. The quantitative estimate of drug-likeness (QED) is 0.930. The van der Waals surface area contributed by atoms with Crippen LogP contribution in [0.4, 0.5) is 0 Å². The topological polar surface area (TPSA) is 40.5 Å². The molecule has 3 heteroatoms. The first-order chi connectivity index (χ1) is 10.7. The Morgan fingerprint density at radius 3 is 2.82 bits per heavy atom. The molecule has 1 aromatic rings. The summed E-state index contributed by atoms with van der Waals surface area (Å²) in [7, 11) is 0. The van der Waals surface area contributed by atoms with Gasteiger partial charge in [-0.2, -0.15) is 0 Å². The van der Waals surface area contributed by atoms with Crippen molar-refractivity contribution in [2.75, 3.05) is 0 Å². The van der Waals surface area contributed by atoms with E-state index < -0.39 is 5.97 Å². The summed E-state index contributed by atoms with van der Waals surface area (Å²) in [4.78, 5) is 14.0. The molecule has 3 nitrogen and oxygen atoms in total. The van der Waals surface area contributed by atoms with Crippen LogP contribution in [0.25, 0.3) is 0 Å². The van der Waals surface area contributed by atoms with E-state index in [0.29, 0.717) is 12.0 Å². The van der Waals surface area contributed by atoms with Crippen LogP contribution in [0.1, 0.15) is 55.2 Å². The van der Waals surface area contributed by atoms with Gasteiger partial charge >= 0.3 is 5.97 Å². The number of benzene rings is 1. The molecule has 0 amide bonds. The summed E-state index contributed by atoms with van der Waals surface area (Å²) >= 11 is 0. The second-order valence-corrected chi connectivity index (χ2v) is 7.33. The van der Waals surface area contributed by atoms with Crippen LogP contribution in [0.15, 0.2) is 18.2 Å². The number of aryl methyl sites for hydroxylation is 2. The van der Waals surface area contributed by atoms with Crippen molar-refractivity contribution in [3.63, 3.8) is 0 Å². The molecule has 3 aliphatic rings. The van der Waals surface area contributed by atoms with Gasteiger partial charge in [0.15, 0.2) is 0 Å². The molecule has 1 heterocycles. The minimum atomic E-state index is -0.629. The Bertz CT molecular complexity index is 583. The molecule has 0 radical (unpaired) electrons. The maximum atomic E-state index is 11.7. The number of fused-ring (bicyclic) bond motifs is 2. The van der Waals surface area contributed by atoms with Crippen LogP contribution in [0.2, 0.25) is 0 Å². The predicted octanol–water partition coefficient (Wildman–Crippen LogP) is 3.39. The molecule has 3 atom stereocenters. The molecule has 4 rings (SSSR count). The molecule has 2 aliphatic carbocycles. The predicted molar refractivity (Wildman–Crippen MR) is 85.8 cm³/mol. The summed E-state index contributed by atoms with van der Waals surface area (Å²) in [6, 6.07) is 7.03. The zero-order valence-corrected chi connectivity index (χ0v) is 13.1. The third kappa shape index (κ3) is 2.45. The second-order valence-electron chi connectivity index (χ2n) is 7.33. The van der Waals surface area contributed by atoms with E-state index in [4.69, 9.17) is 0 Å². The Morgan fingerprint density at radius 1 is 1.14 bits per heavy atom. The monoisotopic (exact) mass is 299 g/mol. The lowest BCUT2D eigenvalue weighted by molar-refractivity contribution is -0.142. The van der Waals surface area contributed by atoms with Gasteiger partial charge in [0, 0.05) is 12.6 Å². The third-order valence-corrected chi connectivity index (χ3v) is 6.03. The van der Waals surface area contributed by atoms with Crippen molar-refractivity contribution < 1.29 is 9.90 Å². The van der Waals surface area contributed by atoms with E-state index in [9.17, 15) is 9.90 Å². The molecular formula is C19H25NO2. The van der Waals surface area contributed by atoms with Crippen LogP contribution in [-0.4, -0.2) is 28.1 Å². The Hall–Kier alpha value is -1.35. The molecule has 1 saturated heterocycles. The van der Waals surface area contributed by atoms with Crippen molar-refractivity contribution in [1.29, 1.82) is 0 Å². The Labute approximate surface area is 132 Å². The molecule has 0 aromatic heterocycles. The lowest BCUT2D eigenvalue weighted by atomic mass is 9.84. The van der Waals surface area contributed by atoms with Crippen LogP contribution in [0.5, 0.6) is 0 Å². The number of hydrogen-bond acceptors (Lipinski definition) is 2. The standard InChI is InChI=1S/C19H25NO2/c21-19(22)18-11-16-4-1-2-7-17(16)20(18)12-13-8-9-14-5-3-6-15(14)10-13/h8-10,16-18H,1-7,11-12H2,(H,21,22). The summed E-state index contributed by atoms with van der Waals surface area (Å²) in [5.74, 6) is -0.0279. The largest absolute Gasteiger partial charge is 0.480 e. The Balaban J connectivity index is 1.57. The summed E-state index contributed by atoms with van der Waals surface area (Å²) in [6.07, 6.45) is 9.46. The molecular weight excluding hydrogens is 274 g/mol. The van der Waals surface area contributed by atoms with Gasteiger partial charge in [0.05, 0.1) is 0 Å². The summed E-state index contributed by atoms with van der Waals surface area (Å²) in [5, 5.41) is 9.62. The fraction of sp³-hybridized carbons (Fsp3) is 0.632. The molecule has 1 N–H and O–H groups in total. The van der Waals surface area contributed by atoms with Crippen molar-refractivity contribution in [2.24, 2.45) is 5.92 Å². The highest BCUT2D eigenvalue weighted by Gasteiger charge is 2.44. The fourth-order valence-electron chi connectivity index (χ4n) is 4.96. The number of likely N-dealkylation sites (tertiary alicyclic amines) is 1. The summed E-state index contributed by atoms with van der Waals surface area (Å²) in [6.45, 7) is 0.811. The Kier molecular flexibility index (Phi) is 3.69. The van der Waals surface area contributed by atoms with Crippen LogP contribution < -0.4 is 0 Å². The molecule has 2 fully saturated rings. The molecule has 1 aromatic carbocycles. The van der Waals surface area contributed by atoms with Gasteiger partial charge in [-0.05, 0) is 61.1 Å². The Morgan fingerprint density at radius 2 is 1.95 bits per heavy atom. The van der Waals surface area contributed by atoms with Gasteiger partial charge < -0.3 is 5.11 Å². The lowest BCUT2D eigenvalue weighted by Crippen LogP contribution is -2.41. The van der Waals surface area contributed by atoms with Gasteiger partial charge in [0.1, 0.15) is 6.04 Å². The average molecular weight is 299 g/mol. The zero-order chi connectivity index (χ0) is 15.1. The molecule has 3 unspecified atom stereocenters. The van der Waals surface area contributed by atoms with Crippen LogP contribution >= 0.6 is 0 Å². The van der Waals surface area contributed by atoms with E-state index in [2.05, 4.69) is 23.1 Å². The highest BCUT2D eigenvalue weighted by atomic mass is 16.4. The van der Waals surface area contributed by atoms with E-state index in [-0.39, 0.29) is 6.04 Å². The molecule has 1 aliphatic heterocycles. The van der Waals surface area contributed by atoms with Gasteiger partial charge in [-0.1, -0.05) is 31.0 Å². The highest BCUT2D eigenvalue weighted by molar-refractivity contribution is 5.74. The normalized spacial score (nSPS) is 31.0. The fourth-order valence-corrected chi connectivity index (χ4v) is 4.96. The number of carboxylic acid groups (broad SMARTS) is 1. The van der Waals surface area contributed by atoms with Crippen molar-refractivity contribution in [3.05, 3.63) is 34.9 Å². The van der Waals surface area contributed by atoms with Crippen molar-refractivity contribution >= 4 is 5.97 Å². The van der Waals surface area contributed by atoms with E-state index in [1.165, 1.54) is 61.6 Å². The van der Waals surface area contributed by atoms with E-state index >= 15 is 0 Å². The van der Waals surface area contributed by atoms with Crippen molar-refractivity contribution in [3.8, 4) is 0 Å². The number of carbonyl (C=O) groups is 1. The number of carboxylic acids is 1. The van der Waals surface area contributed by atoms with Gasteiger partial charge in [-0.25, -0.2) is 0 Å². The SMILES string of the molecule is O=C(O)C1CC2CCCCC2N1Cc1ccc2c(c1)CCC2. The molecule has 1 saturated carbocycles. The van der Waals surface area contributed by atoms with Crippen molar-refractivity contribution in [2.45, 2.75) is 70.0 Å². The summed E-state index contributed by atoms with van der Waals surface area (Å²) in [5.41, 5.74) is 4.29. The minimum absolute atomic E-state index is 0.277. The third-order valence-electron chi connectivity index (χ3n) is 6.03. The second kappa shape index (κ2) is 5.69. The van der Waals surface area contributed by atoms with Gasteiger partial charge in [-0.15, -0.1) is 0 Å². The number of rotatable bonds is 3. The first-order valence-electron chi connectivity index (χ1n) is 8.81. The van der Waals surface area contributed by atoms with Gasteiger partial charge in [0.2, 0.25) is 0 Å². The zero-order valence-electron chi connectivity index (χ0n) is 13.1. The summed E-state index contributed by atoms with van der Waals surface area (Å²) < 4.78 is 0. The molecule has 0 spiro atoms. The number of aliphatic carboxylic acids is 1. The maximum Gasteiger partial charge on any atom is 0.320 e. The number of hydrogen-bond donors (Lipinski definition) is 1. The van der Waals surface area contributed by atoms with Crippen molar-refractivity contribution in [1.82, 2.24) is 4.90 Å². The highest BCUT2D eigenvalue weighted by Crippen LogP contribution is 2.40. The molecule has 22 heavy (non-hydrogen) atoms. The first-order valence-corrected chi connectivity index (χ1v) is 8.81. The van der Waals surface area contributed by atoms with E-state index in [1.54, 1.807) is 0 Å². The minimum Gasteiger partial charge on any atom is -0.480 e. The van der Waals surface area contributed by atoms with E-state index in [1.807, 2.05) is 0 Å². The molecule has 0 bridgehead atoms. The van der Waals surface area contributed by atoms with Crippen LogP contribution in [-0.2, 0) is 24.2 Å². The average Bonchev–Trinajstić information content (AvgIpc) is 3.12. The van der Waals surface area contributed by atoms with E-state index in [0.717, 1.165) is 13.0 Å². The first kappa shape index (κ1) is 14.3. The van der Waals surface area contributed by atoms with Gasteiger partial charge in [0.25, 0.3) is 0 Å². The molecule has 118 valence electrons. The number of nitrogens with zero attached hydrogens (tertiary/aromatic N) is 1. The lowest BCUT2D eigenvalue weighted by Gasteiger charge is -2.33. The van der Waals surface area contributed by atoms with Gasteiger partial charge in [-0.3, -0.25) is 9.69 Å². The van der Waals surface area contributed by atoms with Crippen LogP contribution in [0, 0.1) is 5.92 Å². The maximum absolute atomic E-state index is 11.7.